The number of sulfonamides is 1. The summed E-state index contributed by atoms with van der Waals surface area (Å²) in [6.07, 6.45) is 0.564. The minimum absolute atomic E-state index is 0.0461. The first-order chi connectivity index (χ1) is 9.32. The number of hydrogen-bond donors (Lipinski definition) is 2. The number of rotatable bonds is 6. The van der Waals surface area contributed by atoms with Crippen LogP contribution in [0.25, 0.3) is 0 Å². The minimum atomic E-state index is -3.40. The average molecular weight is 317 g/mol. The van der Waals surface area contributed by atoms with Crippen molar-refractivity contribution in [3.8, 4) is 0 Å². The molecule has 6 heteroatoms. The maximum Gasteiger partial charge on any atom is 0.211 e. The molecule has 1 aromatic rings. The summed E-state index contributed by atoms with van der Waals surface area (Å²) < 4.78 is 31.9. The average Bonchev–Trinajstić information content (AvgIpc) is 2.64. The Bertz CT molecular complexity index is 579. The fraction of sp³-hybridized carbons (Fsp3) is 0.733. The molecule has 122 valence electrons. The lowest BCUT2D eigenvalue weighted by molar-refractivity contribution is 0.0612. The Morgan fingerprint density at radius 3 is 2.24 bits per heavy atom. The molecule has 0 aliphatic heterocycles. The van der Waals surface area contributed by atoms with Crippen LogP contribution in [0.3, 0.4) is 0 Å². The van der Waals surface area contributed by atoms with Gasteiger partial charge in [0.2, 0.25) is 10.0 Å². The molecule has 0 saturated heterocycles. The van der Waals surface area contributed by atoms with E-state index in [1.165, 1.54) is 0 Å². The molecule has 5 nitrogen and oxygen atoms in total. The van der Waals surface area contributed by atoms with E-state index < -0.39 is 15.6 Å². The third kappa shape index (κ3) is 5.80. The highest BCUT2D eigenvalue weighted by molar-refractivity contribution is 7.89. The molecule has 1 rings (SSSR count). The molecule has 21 heavy (non-hydrogen) atoms. The van der Waals surface area contributed by atoms with Gasteiger partial charge in [0.15, 0.2) is 0 Å². The summed E-state index contributed by atoms with van der Waals surface area (Å²) in [7, 11) is -3.40. The smallest absolute Gasteiger partial charge is 0.211 e. The largest absolute Gasteiger partial charge is 0.466 e. The highest BCUT2D eigenvalue weighted by Gasteiger charge is 2.29. The van der Waals surface area contributed by atoms with Crippen molar-refractivity contribution in [1.29, 1.82) is 0 Å². The van der Waals surface area contributed by atoms with Crippen LogP contribution in [0.5, 0.6) is 0 Å². The van der Waals surface area contributed by atoms with Gasteiger partial charge in [0, 0.05) is 12.1 Å². The summed E-state index contributed by atoms with van der Waals surface area (Å²) >= 11 is 0. The van der Waals surface area contributed by atoms with Crippen molar-refractivity contribution in [3.05, 3.63) is 23.2 Å². The molecule has 0 radical (unpaired) electrons. The van der Waals surface area contributed by atoms with Crippen LogP contribution >= 0.6 is 0 Å². The van der Waals surface area contributed by atoms with Gasteiger partial charge in [-0.1, -0.05) is 20.8 Å². The molecule has 0 aliphatic rings. The predicted molar refractivity (Wildman–Crippen MR) is 83.6 cm³/mol. The molecule has 0 spiro atoms. The van der Waals surface area contributed by atoms with Gasteiger partial charge in [-0.05, 0) is 38.7 Å². The summed E-state index contributed by atoms with van der Waals surface area (Å²) in [5, 5.41) is 10.5. The molecular formula is C15H27NO4S. The zero-order valence-electron chi connectivity index (χ0n) is 13.8. The highest BCUT2D eigenvalue weighted by atomic mass is 32.2. The first kappa shape index (κ1) is 18.2. The fourth-order valence-corrected chi connectivity index (χ4v) is 3.55. The van der Waals surface area contributed by atoms with Crippen LogP contribution in [0.2, 0.25) is 0 Å². The number of aryl methyl sites for hydroxylation is 2. The van der Waals surface area contributed by atoms with Crippen molar-refractivity contribution in [2.45, 2.75) is 53.6 Å². The van der Waals surface area contributed by atoms with Gasteiger partial charge < -0.3 is 9.52 Å². The molecule has 0 amide bonds. The summed E-state index contributed by atoms with van der Waals surface area (Å²) in [6, 6.07) is 1.73. The molecule has 1 aromatic heterocycles. The normalized spacial score (nSPS) is 16.0. The van der Waals surface area contributed by atoms with E-state index >= 15 is 0 Å². The number of aliphatic hydroxyl groups is 1. The third-order valence-corrected chi connectivity index (χ3v) is 4.70. The van der Waals surface area contributed by atoms with Gasteiger partial charge in [-0.2, -0.15) is 0 Å². The zero-order valence-corrected chi connectivity index (χ0v) is 14.6. The molecule has 0 aromatic carbocycles. The van der Waals surface area contributed by atoms with Crippen molar-refractivity contribution in [3.63, 3.8) is 0 Å². The van der Waals surface area contributed by atoms with Crippen molar-refractivity contribution in [1.82, 2.24) is 4.72 Å². The lowest BCUT2D eigenvalue weighted by Gasteiger charge is -2.24. The Morgan fingerprint density at radius 1 is 1.24 bits per heavy atom. The van der Waals surface area contributed by atoms with Crippen molar-refractivity contribution >= 4 is 10.0 Å². The zero-order chi connectivity index (χ0) is 16.5. The van der Waals surface area contributed by atoms with E-state index in [0.29, 0.717) is 23.5 Å². The molecule has 2 N–H and O–H groups in total. The maximum atomic E-state index is 12.0. The summed E-state index contributed by atoms with van der Waals surface area (Å²) in [6.45, 7) is 11.0. The highest BCUT2D eigenvalue weighted by Crippen LogP contribution is 2.26. The van der Waals surface area contributed by atoms with Crippen LogP contribution in [-0.4, -0.2) is 25.8 Å². The third-order valence-electron chi connectivity index (χ3n) is 3.38. The Balaban J connectivity index is 2.71. The van der Waals surface area contributed by atoms with E-state index in [1.54, 1.807) is 26.8 Å². The Kier molecular flexibility index (Phi) is 5.29. The number of nitrogens with one attached hydrogen (secondary N) is 1. The van der Waals surface area contributed by atoms with Crippen molar-refractivity contribution < 1.29 is 17.9 Å². The number of furan rings is 1. The van der Waals surface area contributed by atoms with Gasteiger partial charge in [-0.25, -0.2) is 13.1 Å². The van der Waals surface area contributed by atoms with Gasteiger partial charge in [-0.15, -0.1) is 0 Å². The molecular weight excluding hydrogens is 290 g/mol. The lowest BCUT2D eigenvalue weighted by atomic mass is 9.94. The minimum Gasteiger partial charge on any atom is -0.466 e. The summed E-state index contributed by atoms with van der Waals surface area (Å²) in [4.78, 5) is 0. The van der Waals surface area contributed by atoms with E-state index in [-0.39, 0.29) is 17.7 Å². The number of hydrogen-bond acceptors (Lipinski definition) is 4. The lowest BCUT2D eigenvalue weighted by Crippen LogP contribution is -2.40. The van der Waals surface area contributed by atoms with Crippen LogP contribution < -0.4 is 4.72 Å². The molecule has 0 fully saturated rings. The van der Waals surface area contributed by atoms with Gasteiger partial charge in [-0.3, -0.25) is 0 Å². The van der Waals surface area contributed by atoms with E-state index in [0.717, 1.165) is 0 Å². The quantitative estimate of drug-likeness (QED) is 0.844. The van der Waals surface area contributed by atoms with Crippen LogP contribution in [0.1, 0.15) is 51.2 Å². The Morgan fingerprint density at radius 2 is 1.81 bits per heavy atom. The van der Waals surface area contributed by atoms with Crippen LogP contribution in [0.4, 0.5) is 0 Å². The second-order valence-electron chi connectivity index (χ2n) is 7.05. The summed E-state index contributed by atoms with van der Waals surface area (Å²) in [5.74, 6) is 1.35. The van der Waals surface area contributed by atoms with Crippen LogP contribution in [-0.2, 0) is 15.6 Å². The maximum absolute atomic E-state index is 12.0. The van der Waals surface area contributed by atoms with Crippen molar-refractivity contribution in [2.75, 3.05) is 12.3 Å². The molecule has 1 heterocycles. The van der Waals surface area contributed by atoms with E-state index in [2.05, 4.69) is 4.72 Å². The Labute approximate surface area is 127 Å². The summed E-state index contributed by atoms with van der Waals surface area (Å²) in [5.41, 5.74) is -0.731. The monoisotopic (exact) mass is 317 g/mol. The van der Waals surface area contributed by atoms with Gasteiger partial charge >= 0.3 is 0 Å². The molecule has 0 aliphatic carbocycles. The molecule has 1 atom stereocenters. The Hall–Kier alpha value is -0.850. The first-order valence-corrected chi connectivity index (χ1v) is 8.75. The van der Waals surface area contributed by atoms with Gasteiger partial charge in [0.25, 0.3) is 0 Å². The second-order valence-corrected chi connectivity index (χ2v) is 8.98. The molecule has 0 bridgehead atoms. The molecule has 0 saturated carbocycles. The SMILES string of the molecule is Cc1cc(C(C)(O)CNS(=O)(=O)CCC(C)(C)C)c(C)o1. The first-order valence-electron chi connectivity index (χ1n) is 7.10. The van der Waals surface area contributed by atoms with E-state index in [9.17, 15) is 13.5 Å². The van der Waals surface area contributed by atoms with E-state index in [1.807, 2.05) is 20.8 Å². The van der Waals surface area contributed by atoms with E-state index in [4.69, 9.17) is 4.42 Å². The fourth-order valence-electron chi connectivity index (χ4n) is 2.02. The standard InChI is InChI=1S/C15H27NO4S/c1-11-9-13(12(2)20-11)15(6,17)10-16-21(18,19)8-7-14(3,4)5/h9,16-17H,7-8,10H2,1-6H3. The van der Waals surface area contributed by atoms with Crippen LogP contribution in [0.15, 0.2) is 10.5 Å². The van der Waals surface area contributed by atoms with Crippen LogP contribution in [0, 0.1) is 19.3 Å². The predicted octanol–water partition coefficient (Wildman–Crippen LogP) is 2.46. The van der Waals surface area contributed by atoms with Crippen molar-refractivity contribution in [2.24, 2.45) is 5.41 Å². The second kappa shape index (κ2) is 6.10. The van der Waals surface area contributed by atoms with Gasteiger partial charge in [0.05, 0.1) is 5.75 Å². The topological polar surface area (TPSA) is 79.5 Å². The molecule has 1 unspecified atom stereocenters. The van der Waals surface area contributed by atoms with Gasteiger partial charge in [0.1, 0.15) is 17.1 Å².